The van der Waals surface area contributed by atoms with Crippen molar-refractivity contribution in [3.05, 3.63) is 57.8 Å². The van der Waals surface area contributed by atoms with Crippen LogP contribution in [0.4, 0.5) is 10.1 Å². The van der Waals surface area contributed by atoms with Crippen LogP contribution < -0.4 is 4.72 Å². The average Bonchev–Trinajstić information content (AvgIpc) is 2.45. The van der Waals surface area contributed by atoms with Crippen LogP contribution in [0.1, 0.15) is 15.9 Å². The molecule has 0 bridgehead atoms. The van der Waals surface area contributed by atoms with Gasteiger partial charge in [-0.2, -0.15) is 0 Å². The largest absolute Gasteiger partial charge is 0.465 e. The monoisotopic (exact) mass is 401 g/mol. The molecule has 0 heterocycles. The minimum atomic E-state index is -3.87. The van der Waals surface area contributed by atoms with E-state index in [4.69, 9.17) is 0 Å². The lowest BCUT2D eigenvalue weighted by Gasteiger charge is -2.11. The number of halogens is 2. The summed E-state index contributed by atoms with van der Waals surface area (Å²) in [6.07, 6.45) is 0. The summed E-state index contributed by atoms with van der Waals surface area (Å²) in [5.41, 5.74) is 0.284. The number of sulfonamides is 1. The zero-order valence-corrected chi connectivity index (χ0v) is 14.7. The molecular formula is C15H13BrFNO4S. The summed E-state index contributed by atoms with van der Waals surface area (Å²) >= 11 is 3.26. The summed E-state index contributed by atoms with van der Waals surface area (Å²) < 4.78 is 46.1. The number of carbonyl (C=O) groups excluding carboxylic acids is 1. The molecule has 2 aromatic rings. The number of ether oxygens (including phenoxy) is 1. The Morgan fingerprint density at radius 3 is 2.48 bits per heavy atom. The van der Waals surface area contributed by atoms with Crippen molar-refractivity contribution in [2.24, 2.45) is 0 Å². The van der Waals surface area contributed by atoms with Crippen LogP contribution in [0, 0.1) is 12.7 Å². The first kappa shape index (κ1) is 17.4. The van der Waals surface area contributed by atoms with E-state index >= 15 is 0 Å². The molecular weight excluding hydrogens is 389 g/mol. The summed E-state index contributed by atoms with van der Waals surface area (Å²) in [5, 5.41) is 0. The second-order valence-electron chi connectivity index (χ2n) is 4.70. The van der Waals surface area contributed by atoms with Gasteiger partial charge < -0.3 is 4.74 Å². The van der Waals surface area contributed by atoms with Crippen molar-refractivity contribution in [1.82, 2.24) is 0 Å². The van der Waals surface area contributed by atoms with E-state index in [0.717, 1.165) is 23.7 Å². The van der Waals surface area contributed by atoms with Gasteiger partial charge in [0.2, 0.25) is 0 Å². The molecule has 0 saturated carbocycles. The molecule has 0 aliphatic rings. The molecule has 0 saturated heterocycles. The van der Waals surface area contributed by atoms with E-state index in [0.29, 0.717) is 5.56 Å². The van der Waals surface area contributed by atoms with Crippen LogP contribution in [0.2, 0.25) is 0 Å². The SMILES string of the molecule is COC(=O)c1ccc(NS(=O)(=O)c2ccc(Br)cc2C)cc1F. The molecule has 2 aromatic carbocycles. The van der Waals surface area contributed by atoms with Gasteiger partial charge in [-0.05, 0) is 48.9 Å². The van der Waals surface area contributed by atoms with Gasteiger partial charge in [0.25, 0.3) is 10.0 Å². The number of esters is 1. The Balaban J connectivity index is 2.34. The predicted octanol–water partition coefficient (Wildman–Crippen LogP) is 3.48. The van der Waals surface area contributed by atoms with Crippen LogP contribution in [0.25, 0.3) is 0 Å². The Kier molecular flexibility index (Phi) is 5.06. The van der Waals surface area contributed by atoms with E-state index in [1.807, 2.05) is 0 Å². The van der Waals surface area contributed by atoms with E-state index < -0.39 is 21.8 Å². The van der Waals surface area contributed by atoms with Crippen LogP contribution in [-0.4, -0.2) is 21.5 Å². The van der Waals surface area contributed by atoms with Gasteiger partial charge in [-0.1, -0.05) is 15.9 Å². The van der Waals surface area contributed by atoms with Crippen molar-refractivity contribution < 1.29 is 22.3 Å². The Morgan fingerprint density at radius 1 is 1.22 bits per heavy atom. The number of benzene rings is 2. The molecule has 0 aliphatic carbocycles. The Bertz CT molecular complexity index is 868. The molecule has 2 rings (SSSR count). The van der Waals surface area contributed by atoms with E-state index in [-0.39, 0.29) is 16.1 Å². The second-order valence-corrected chi connectivity index (χ2v) is 7.27. The fourth-order valence-electron chi connectivity index (χ4n) is 1.98. The van der Waals surface area contributed by atoms with Crippen LogP contribution >= 0.6 is 15.9 Å². The Morgan fingerprint density at radius 2 is 1.91 bits per heavy atom. The molecule has 8 heteroatoms. The van der Waals surface area contributed by atoms with Gasteiger partial charge in [0.05, 0.1) is 23.3 Å². The van der Waals surface area contributed by atoms with Gasteiger partial charge in [0, 0.05) is 4.47 Å². The Labute approximate surface area is 141 Å². The number of hydrogen-bond donors (Lipinski definition) is 1. The summed E-state index contributed by atoms with van der Waals surface area (Å²) in [4.78, 5) is 11.4. The highest BCUT2D eigenvalue weighted by Crippen LogP contribution is 2.23. The standard InChI is InChI=1S/C15H13BrFNO4S/c1-9-7-10(16)3-6-14(9)23(20,21)18-11-4-5-12(13(17)8-11)15(19)22-2/h3-8,18H,1-2H3. The third-order valence-corrected chi connectivity index (χ3v) is 5.09. The highest BCUT2D eigenvalue weighted by atomic mass is 79.9. The second kappa shape index (κ2) is 6.67. The minimum Gasteiger partial charge on any atom is -0.465 e. The molecule has 0 amide bonds. The topological polar surface area (TPSA) is 72.5 Å². The van der Waals surface area contributed by atoms with Crippen LogP contribution in [0.15, 0.2) is 45.8 Å². The van der Waals surface area contributed by atoms with Crippen molar-refractivity contribution in [3.8, 4) is 0 Å². The van der Waals surface area contributed by atoms with Crippen LogP contribution in [-0.2, 0) is 14.8 Å². The molecule has 0 unspecified atom stereocenters. The smallest absolute Gasteiger partial charge is 0.340 e. The summed E-state index contributed by atoms with van der Waals surface area (Å²) in [5.74, 6) is -1.70. The fourth-order valence-corrected chi connectivity index (χ4v) is 3.73. The Hall–Kier alpha value is -1.93. The molecule has 122 valence electrons. The van der Waals surface area contributed by atoms with Gasteiger partial charge in [-0.25, -0.2) is 17.6 Å². The molecule has 23 heavy (non-hydrogen) atoms. The number of carbonyl (C=O) groups is 1. The molecule has 5 nitrogen and oxygen atoms in total. The molecule has 0 fully saturated rings. The third-order valence-electron chi connectivity index (χ3n) is 3.05. The van der Waals surface area contributed by atoms with Gasteiger partial charge in [0.15, 0.2) is 0 Å². The highest BCUT2D eigenvalue weighted by molar-refractivity contribution is 9.10. The van der Waals surface area contributed by atoms with Crippen molar-refractivity contribution >= 4 is 37.6 Å². The van der Waals surface area contributed by atoms with E-state index in [9.17, 15) is 17.6 Å². The predicted molar refractivity (Wildman–Crippen MR) is 87.4 cm³/mol. The van der Waals surface area contributed by atoms with Gasteiger partial charge in [-0.15, -0.1) is 0 Å². The lowest BCUT2D eigenvalue weighted by atomic mass is 10.2. The summed E-state index contributed by atoms with van der Waals surface area (Å²) in [6, 6.07) is 8.09. The van der Waals surface area contributed by atoms with Gasteiger partial charge in [-0.3, -0.25) is 4.72 Å². The quantitative estimate of drug-likeness (QED) is 0.795. The summed E-state index contributed by atoms with van der Waals surface area (Å²) in [6.45, 7) is 1.65. The maximum absolute atomic E-state index is 13.9. The van der Waals surface area contributed by atoms with Crippen molar-refractivity contribution in [2.45, 2.75) is 11.8 Å². The lowest BCUT2D eigenvalue weighted by molar-refractivity contribution is 0.0595. The number of anilines is 1. The number of nitrogens with one attached hydrogen (secondary N) is 1. The van der Waals surface area contributed by atoms with E-state index in [2.05, 4.69) is 25.4 Å². The number of hydrogen-bond acceptors (Lipinski definition) is 4. The van der Waals surface area contributed by atoms with Crippen LogP contribution in [0.5, 0.6) is 0 Å². The first-order chi connectivity index (χ1) is 10.7. The van der Waals surface area contributed by atoms with Crippen LogP contribution in [0.3, 0.4) is 0 Å². The highest BCUT2D eigenvalue weighted by Gasteiger charge is 2.19. The van der Waals surface area contributed by atoms with Gasteiger partial charge in [0.1, 0.15) is 5.82 Å². The lowest BCUT2D eigenvalue weighted by Crippen LogP contribution is -2.15. The van der Waals surface area contributed by atoms with E-state index in [1.54, 1.807) is 19.1 Å². The zero-order valence-electron chi connectivity index (χ0n) is 12.3. The van der Waals surface area contributed by atoms with Crippen molar-refractivity contribution in [3.63, 3.8) is 0 Å². The number of rotatable bonds is 4. The van der Waals surface area contributed by atoms with Gasteiger partial charge >= 0.3 is 5.97 Å². The molecule has 0 spiro atoms. The maximum Gasteiger partial charge on any atom is 0.340 e. The molecule has 0 aromatic heterocycles. The first-order valence-corrected chi connectivity index (χ1v) is 8.69. The fraction of sp³-hybridized carbons (Fsp3) is 0.133. The first-order valence-electron chi connectivity index (χ1n) is 6.41. The van der Waals surface area contributed by atoms with Crippen molar-refractivity contribution in [2.75, 3.05) is 11.8 Å². The molecule has 0 atom stereocenters. The normalized spacial score (nSPS) is 11.1. The maximum atomic E-state index is 13.9. The molecule has 0 aliphatic heterocycles. The zero-order chi connectivity index (χ0) is 17.2. The average molecular weight is 402 g/mol. The summed E-state index contributed by atoms with van der Waals surface area (Å²) in [7, 11) is -2.74. The molecule has 1 N–H and O–H groups in total. The minimum absolute atomic E-state index is 0.0115. The van der Waals surface area contributed by atoms with Crippen molar-refractivity contribution in [1.29, 1.82) is 0 Å². The van der Waals surface area contributed by atoms with E-state index in [1.165, 1.54) is 12.1 Å². The third kappa shape index (κ3) is 3.89. The number of aryl methyl sites for hydroxylation is 1. The molecule has 0 radical (unpaired) electrons. The number of methoxy groups -OCH3 is 1.